The van der Waals surface area contributed by atoms with E-state index in [2.05, 4.69) is 17.0 Å². The van der Waals surface area contributed by atoms with E-state index in [1.807, 2.05) is 29.7 Å². The molecule has 0 radical (unpaired) electrons. The third-order valence-electron chi connectivity index (χ3n) is 6.65. The Labute approximate surface area is 164 Å². The van der Waals surface area contributed by atoms with Gasteiger partial charge in [0.1, 0.15) is 5.82 Å². The zero-order valence-corrected chi connectivity index (χ0v) is 16.2. The molecule has 3 aromatic rings. The van der Waals surface area contributed by atoms with E-state index in [-0.39, 0.29) is 11.4 Å². The molecule has 0 N–H and O–H groups in total. The number of nitrogens with zero attached hydrogens (tertiary/aromatic N) is 2. The van der Waals surface area contributed by atoms with Crippen LogP contribution in [0.1, 0.15) is 26.2 Å². The van der Waals surface area contributed by atoms with Crippen LogP contribution in [0.15, 0.2) is 53.3 Å². The molecular weight excluding hydrogens is 351 g/mol. The first-order chi connectivity index (χ1) is 13.6. The summed E-state index contributed by atoms with van der Waals surface area (Å²) in [6.07, 6.45) is 4.02. The lowest BCUT2D eigenvalue weighted by Crippen LogP contribution is -2.23. The summed E-state index contributed by atoms with van der Waals surface area (Å²) in [6.45, 7) is 4.83. The highest BCUT2D eigenvalue weighted by molar-refractivity contribution is 5.96. The Morgan fingerprint density at radius 1 is 0.964 bits per heavy atom. The van der Waals surface area contributed by atoms with E-state index < -0.39 is 0 Å². The van der Waals surface area contributed by atoms with E-state index in [4.69, 9.17) is 0 Å². The fourth-order valence-corrected chi connectivity index (χ4v) is 5.21. The molecule has 0 bridgehead atoms. The number of hydrogen-bond donors (Lipinski definition) is 0. The smallest absolute Gasteiger partial charge is 0.251 e. The Morgan fingerprint density at radius 3 is 2.36 bits per heavy atom. The van der Waals surface area contributed by atoms with Crippen LogP contribution in [0.3, 0.4) is 0 Å². The molecule has 144 valence electrons. The summed E-state index contributed by atoms with van der Waals surface area (Å²) in [5, 5.41) is 1.13. The zero-order valence-electron chi connectivity index (χ0n) is 16.2. The van der Waals surface area contributed by atoms with Crippen molar-refractivity contribution >= 4 is 16.6 Å². The molecule has 0 amide bonds. The minimum Gasteiger partial charge on any atom is -0.370 e. The summed E-state index contributed by atoms with van der Waals surface area (Å²) in [7, 11) is 0. The first-order valence-electron chi connectivity index (χ1n) is 10.3. The monoisotopic (exact) mass is 376 g/mol. The molecule has 1 aliphatic carbocycles. The Hall–Kier alpha value is -2.62. The number of rotatable bonds is 3. The molecule has 2 heterocycles. The first-order valence-corrected chi connectivity index (χ1v) is 10.3. The van der Waals surface area contributed by atoms with Crippen molar-refractivity contribution in [1.82, 2.24) is 4.57 Å². The quantitative estimate of drug-likeness (QED) is 0.638. The number of benzene rings is 2. The highest BCUT2D eigenvalue weighted by Gasteiger charge is 2.36. The highest BCUT2D eigenvalue weighted by Crippen LogP contribution is 2.42. The second-order valence-electron chi connectivity index (χ2n) is 8.21. The van der Waals surface area contributed by atoms with Crippen LogP contribution >= 0.6 is 0 Å². The van der Waals surface area contributed by atoms with Gasteiger partial charge >= 0.3 is 0 Å². The molecule has 2 atom stereocenters. The minimum absolute atomic E-state index is 0.0236. The number of aryl methyl sites for hydroxylation is 1. The number of halogens is 1. The third kappa shape index (κ3) is 2.83. The molecular formula is C24H25FN2O. The van der Waals surface area contributed by atoms with Gasteiger partial charge in [0.2, 0.25) is 0 Å². The molecule has 1 saturated carbocycles. The Kier molecular flexibility index (Phi) is 4.22. The highest BCUT2D eigenvalue weighted by atomic mass is 19.1. The van der Waals surface area contributed by atoms with Crippen LogP contribution in [-0.2, 0) is 6.54 Å². The van der Waals surface area contributed by atoms with Gasteiger partial charge in [-0.2, -0.15) is 0 Å². The molecule has 3 nitrogen and oxygen atoms in total. The van der Waals surface area contributed by atoms with E-state index in [0.29, 0.717) is 6.54 Å². The fraction of sp³-hybridized carbons (Fsp3) is 0.375. The van der Waals surface area contributed by atoms with Crippen molar-refractivity contribution in [3.63, 3.8) is 0 Å². The van der Waals surface area contributed by atoms with E-state index in [9.17, 15) is 9.18 Å². The molecule has 1 aromatic heterocycles. The van der Waals surface area contributed by atoms with Gasteiger partial charge in [-0.05, 0) is 73.1 Å². The van der Waals surface area contributed by atoms with Crippen LogP contribution in [0.2, 0.25) is 0 Å². The van der Waals surface area contributed by atoms with Crippen LogP contribution in [0.4, 0.5) is 10.1 Å². The Balaban J connectivity index is 1.71. The van der Waals surface area contributed by atoms with Gasteiger partial charge in [0.25, 0.3) is 5.56 Å². The van der Waals surface area contributed by atoms with E-state index in [1.165, 1.54) is 37.1 Å². The van der Waals surface area contributed by atoms with Crippen LogP contribution in [0.5, 0.6) is 0 Å². The molecule has 2 aliphatic rings. The van der Waals surface area contributed by atoms with Crippen LogP contribution in [0, 0.1) is 17.7 Å². The third-order valence-corrected chi connectivity index (χ3v) is 6.65. The number of pyridine rings is 1. The van der Waals surface area contributed by atoms with Crippen LogP contribution in [-0.4, -0.2) is 17.7 Å². The predicted molar refractivity (Wildman–Crippen MR) is 112 cm³/mol. The second-order valence-corrected chi connectivity index (χ2v) is 8.21. The lowest BCUT2D eigenvalue weighted by molar-refractivity contribution is 0.494. The summed E-state index contributed by atoms with van der Waals surface area (Å²) in [5.41, 5.74) is 4.20. The normalized spacial score (nSPS) is 21.4. The van der Waals surface area contributed by atoms with Crippen molar-refractivity contribution in [2.24, 2.45) is 11.8 Å². The molecule has 5 rings (SSSR count). The van der Waals surface area contributed by atoms with Crippen molar-refractivity contribution in [3.8, 4) is 11.1 Å². The summed E-state index contributed by atoms with van der Waals surface area (Å²) >= 11 is 0. The van der Waals surface area contributed by atoms with Gasteiger partial charge in [0.05, 0.1) is 5.52 Å². The van der Waals surface area contributed by atoms with Gasteiger partial charge in [-0.15, -0.1) is 0 Å². The first kappa shape index (κ1) is 17.5. The van der Waals surface area contributed by atoms with Crippen LogP contribution < -0.4 is 10.5 Å². The topological polar surface area (TPSA) is 25.2 Å². The Bertz CT molecular complexity index is 1070. The van der Waals surface area contributed by atoms with Gasteiger partial charge < -0.3 is 9.47 Å². The van der Waals surface area contributed by atoms with Gasteiger partial charge in [-0.25, -0.2) is 4.39 Å². The molecule has 28 heavy (non-hydrogen) atoms. The molecule has 2 fully saturated rings. The maximum Gasteiger partial charge on any atom is 0.251 e. The van der Waals surface area contributed by atoms with Crippen molar-refractivity contribution in [2.45, 2.75) is 32.7 Å². The summed E-state index contributed by atoms with van der Waals surface area (Å²) in [6, 6.07) is 14.6. The van der Waals surface area contributed by atoms with Gasteiger partial charge in [-0.1, -0.05) is 18.6 Å². The Morgan fingerprint density at radius 2 is 1.68 bits per heavy atom. The van der Waals surface area contributed by atoms with E-state index in [1.54, 1.807) is 6.07 Å². The van der Waals surface area contributed by atoms with Gasteiger partial charge in [0.15, 0.2) is 0 Å². The fourth-order valence-electron chi connectivity index (χ4n) is 5.21. The summed E-state index contributed by atoms with van der Waals surface area (Å²) in [4.78, 5) is 15.0. The van der Waals surface area contributed by atoms with Gasteiger partial charge in [-0.3, -0.25) is 4.79 Å². The lowest BCUT2D eigenvalue weighted by atomic mass is 10.0. The maximum atomic E-state index is 13.4. The molecule has 1 saturated heterocycles. The zero-order chi connectivity index (χ0) is 19.3. The molecule has 0 spiro atoms. The average Bonchev–Trinajstić information content (AvgIpc) is 3.30. The van der Waals surface area contributed by atoms with Crippen LogP contribution in [0.25, 0.3) is 22.0 Å². The largest absolute Gasteiger partial charge is 0.370 e. The second kappa shape index (κ2) is 6.77. The maximum absolute atomic E-state index is 13.4. The number of anilines is 1. The predicted octanol–water partition coefficient (Wildman–Crippen LogP) is 5.06. The van der Waals surface area contributed by atoms with Crippen molar-refractivity contribution in [3.05, 3.63) is 64.7 Å². The SMILES string of the molecule is CCn1c(=O)ccc2c(N3C[C@H]4CCC[C@@H]4C3)cc(-c3ccc(F)cc3)cc21. The molecule has 1 aliphatic heterocycles. The number of fused-ring (bicyclic) bond motifs is 2. The van der Waals surface area contributed by atoms with Crippen molar-refractivity contribution < 1.29 is 4.39 Å². The van der Waals surface area contributed by atoms with Crippen molar-refractivity contribution in [1.29, 1.82) is 0 Å². The lowest BCUT2D eigenvalue weighted by Gasteiger charge is -2.24. The molecule has 2 aromatic carbocycles. The number of aromatic nitrogens is 1. The van der Waals surface area contributed by atoms with E-state index in [0.717, 1.165) is 47.0 Å². The molecule has 0 unspecified atom stereocenters. The molecule has 4 heteroatoms. The van der Waals surface area contributed by atoms with Gasteiger partial charge in [0, 0.05) is 36.8 Å². The van der Waals surface area contributed by atoms with Crippen molar-refractivity contribution in [2.75, 3.05) is 18.0 Å². The minimum atomic E-state index is -0.234. The number of hydrogen-bond acceptors (Lipinski definition) is 2. The van der Waals surface area contributed by atoms with E-state index >= 15 is 0 Å². The average molecular weight is 376 g/mol. The summed E-state index contributed by atoms with van der Waals surface area (Å²) in [5.74, 6) is 1.35. The standard InChI is InChI=1S/C24H25FN2O/c1-2-27-23-13-19(16-6-8-20(25)9-7-16)12-22(21(23)10-11-24(27)28)26-14-17-4-3-5-18(17)15-26/h6-13,17-18H,2-5,14-15H2,1H3/t17-,18-/m1/s1. The summed E-state index contributed by atoms with van der Waals surface area (Å²) < 4.78 is 15.3.